The van der Waals surface area contributed by atoms with E-state index in [1.54, 1.807) is 6.07 Å². The molecule has 4 aliphatic rings. The highest BCUT2D eigenvalue weighted by atomic mass is 35.5. The summed E-state index contributed by atoms with van der Waals surface area (Å²) in [5.74, 6) is 1.93. The standard InChI is InChI=1S/C24H22ClFN8/c25-16-1-5-20-15(7-16)9-31(17-2-3-17)10-22-29-30-23(34(20)22)33-13-24(14-33)11-32(12-24)21-6-4-18(26)19(8-27)28-21/h1,4-7,17H,2-3,9-14H2. The molecular weight excluding hydrogens is 455 g/mol. The fraction of sp³-hybridized carbons (Fsp3) is 0.417. The summed E-state index contributed by atoms with van der Waals surface area (Å²) in [6, 6.07) is 11.5. The van der Waals surface area contributed by atoms with Crippen LogP contribution in [0.5, 0.6) is 0 Å². The molecule has 2 saturated heterocycles. The second-order valence-corrected chi connectivity index (χ2v) is 10.4. The number of anilines is 2. The van der Waals surface area contributed by atoms with Gasteiger partial charge in [0.2, 0.25) is 5.95 Å². The number of pyridine rings is 1. The molecule has 1 spiro atoms. The summed E-state index contributed by atoms with van der Waals surface area (Å²) in [5, 5.41) is 19.0. The van der Waals surface area contributed by atoms with E-state index in [-0.39, 0.29) is 11.1 Å². The molecule has 0 radical (unpaired) electrons. The lowest BCUT2D eigenvalue weighted by atomic mass is 9.73. The summed E-state index contributed by atoms with van der Waals surface area (Å²) in [4.78, 5) is 11.0. The van der Waals surface area contributed by atoms with Gasteiger partial charge in [0.1, 0.15) is 11.9 Å². The zero-order valence-electron chi connectivity index (χ0n) is 18.5. The Bertz CT molecular complexity index is 1350. The van der Waals surface area contributed by atoms with Crippen molar-refractivity contribution in [3.05, 3.63) is 58.3 Å². The van der Waals surface area contributed by atoms with Gasteiger partial charge in [-0.15, -0.1) is 10.2 Å². The SMILES string of the molecule is N#Cc1nc(N2CC3(C2)CN(c2nnc4n2-c2ccc(Cl)cc2CN(C2CC2)C4)C3)ccc1F. The molecule has 10 heteroatoms. The number of aromatic nitrogens is 4. The van der Waals surface area contributed by atoms with Crippen molar-refractivity contribution < 1.29 is 4.39 Å². The molecule has 172 valence electrons. The molecule has 34 heavy (non-hydrogen) atoms. The molecule has 7 rings (SSSR count). The van der Waals surface area contributed by atoms with Crippen molar-refractivity contribution in [1.82, 2.24) is 24.6 Å². The van der Waals surface area contributed by atoms with E-state index in [0.29, 0.717) is 11.9 Å². The number of nitriles is 1. The predicted octanol–water partition coefficient (Wildman–Crippen LogP) is 3.13. The number of benzene rings is 1. The van der Waals surface area contributed by atoms with Crippen LogP contribution in [0.3, 0.4) is 0 Å². The van der Waals surface area contributed by atoms with Crippen molar-refractivity contribution in [1.29, 1.82) is 5.26 Å². The Morgan fingerprint density at radius 2 is 1.82 bits per heavy atom. The van der Waals surface area contributed by atoms with Gasteiger partial charge >= 0.3 is 0 Å². The van der Waals surface area contributed by atoms with E-state index >= 15 is 0 Å². The Morgan fingerprint density at radius 1 is 1.03 bits per heavy atom. The van der Waals surface area contributed by atoms with Gasteiger partial charge in [-0.3, -0.25) is 9.47 Å². The second kappa shape index (κ2) is 7.14. The Kier molecular flexibility index (Phi) is 4.24. The lowest BCUT2D eigenvalue weighted by molar-refractivity contribution is 0.153. The molecule has 3 fully saturated rings. The fourth-order valence-electron chi connectivity index (χ4n) is 5.63. The minimum absolute atomic E-state index is 0.154. The molecule has 3 aliphatic heterocycles. The van der Waals surface area contributed by atoms with Crippen molar-refractivity contribution in [2.45, 2.75) is 32.0 Å². The first-order valence-electron chi connectivity index (χ1n) is 11.6. The van der Waals surface area contributed by atoms with Crippen LogP contribution in [-0.2, 0) is 13.1 Å². The van der Waals surface area contributed by atoms with Crippen LogP contribution in [0.25, 0.3) is 5.69 Å². The lowest BCUT2D eigenvalue weighted by Gasteiger charge is -2.60. The number of rotatable bonds is 3. The molecule has 0 atom stereocenters. The highest BCUT2D eigenvalue weighted by Gasteiger charge is 2.53. The molecule has 3 aromatic rings. The maximum Gasteiger partial charge on any atom is 0.231 e. The minimum Gasteiger partial charge on any atom is -0.355 e. The van der Waals surface area contributed by atoms with E-state index < -0.39 is 5.82 Å². The second-order valence-electron chi connectivity index (χ2n) is 9.98. The number of hydrogen-bond donors (Lipinski definition) is 0. The Hall–Kier alpha value is -3.22. The van der Waals surface area contributed by atoms with Crippen molar-refractivity contribution in [2.75, 3.05) is 36.0 Å². The number of nitrogens with zero attached hydrogens (tertiary/aromatic N) is 8. The van der Waals surface area contributed by atoms with Crippen LogP contribution in [0, 0.1) is 22.6 Å². The Morgan fingerprint density at radius 3 is 2.59 bits per heavy atom. The molecule has 8 nitrogen and oxygen atoms in total. The van der Waals surface area contributed by atoms with Crippen LogP contribution in [0.15, 0.2) is 30.3 Å². The molecule has 2 aromatic heterocycles. The van der Waals surface area contributed by atoms with Gasteiger partial charge in [0.25, 0.3) is 0 Å². The molecule has 1 aromatic carbocycles. The average Bonchev–Trinajstić information content (AvgIpc) is 3.56. The summed E-state index contributed by atoms with van der Waals surface area (Å²) in [7, 11) is 0. The third kappa shape index (κ3) is 3.09. The third-order valence-electron chi connectivity index (χ3n) is 7.43. The highest BCUT2D eigenvalue weighted by molar-refractivity contribution is 6.30. The average molecular weight is 477 g/mol. The van der Waals surface area contributed by atoms with Gasteiger partial charge in [-0.25, -0.2) is 9.37 Å². The Balaban J connectivity index is 1.12. The minimum atomic E-state index is -0.578. The van der Waals surface area contributed by atoms with Gasteiger partial charge in [-0.05, 0) is 48.7 Å². The van der Waals surface area contributed by atoms with Crippen molar-refractivity contribution in [2.24, 2.45) is 5.41 Å². The van der Waals surface area contributed by atoms with Crippen LogP contribution >= 0.6 is 11.6 Å². The molecule has 0 amide bonds. The van der Waals surface area contributed by atoms with Crippen molar-refractivity contribution >= 4 is 23.4 Å². The van der Waals surface area contributed by atoms with Crippen molar-refractivity contribution in [3.63, 3.8) is 0 Å². The molecule has 1 saturated carbocycles. The normalized spacial score (nSPS) is 20.7. The smallest absolute Gasteiger partial charge is 0.231 e. The summed E-state index contributed by atoms with van der Waals surface area (Å²) in [5.41, 5.74) is 2.32. The third-order valence-corrected chi connectivity index (χ3v) is 7.66. The fourth-order valence-corrected chi connectivity index (χ4v) is 5.83. The van der Waals surface area contributed by atoms with E-state index in [0.717, 1.165) is 61.8 Å². The van der Waals surface area contributed by atoms with Gasteiger partial charge in [-0.2, -0.15) is 5.26 Å². The number of hydrogen-bond acceptors (Lipinski definition) is 7. The van der Waals surface area contributed by atoms with E-state index in [1.165, 1.54) is 24.5 Å². The zero-order valence-corrected chi connectivity index (χ0v) is 19.2. The molecule has 0 bridgehead atoms. The van der Waals surface area contributed by atoms with Gasteiger partial charge < -0.3 is 9.80 Å². The molecular formula is C24H22ClFN8. The van der Waals surface area contributed by atoms with Gasteiger partial charge in [0.15, 0.2) is 17.3 Å². The van der Waals surface area contributed by atoms with Gasteiger partial charge in [0, 0.05) is 49.2 Å². The quantitative estimate of drug-likeness (QED) is 0.574. The predicted molar refractivity (Wildman–Crippen MR) is 124 cm³/mol. The first-order chi connectivity index (χ1) is 16.5. The van der Waals surface area contributed by atoms with E-state index in [1.807, 2.05) is 12.1 Å². The van der Waals surface area contributed by atoms with Crippen LogP contribution in [0.4, 0.5) is 16.2 Å². The molecule has 5 heterocycles. The van der Waals surface area contributed by atoms with Crippen LogP contribution in [0.2, 0.25) is 5.02 Å². The Labute approximate surface area is 201 Å². The first kappa shape index (κ1) is 20.2. The zero-order chi connectivity index (χ0) is 23.0. The summed E-state index contributed by atoms with van der Waals surface area (Å²) in [6.07, 6.45) is 2.47. The van der Waals surface area contributed by atoms with Crippen LogP contribution in [0.1, 0.15) is 29.9 Å². The molecule has 0 unspecified atom stereocenters. The van der Waals surface area contributed by atoms with Gasteiger partial charge in [0.05, 0.1) is 12.2 Å². The summed E-state index contributed by atoms with van der Waals surface area (Å²) in [6.45, 7) is 5.07. The van der Waals surface area contributed by atoms with Gasteiger partial charge in [-0.1, -0.05) is 11.6 Å². The maximum absolute atomic E-state index is 13.6. The van der Waals surface area contributed by atoms with Crippen molar-refractivity contribution in [3.8, 4) is 11.8 Å². The highest BCUT2D eigenvalue weighted by Crippen LogP contribution is 2.44. The number of fused-ring (bicyclic) bond motifs is 3. The monoisotopic (exact) mass is 476 g/mol. The molecule has 1 aliphatic carbocycles. The summed E-state index contributed by atoms with van der Waals surface area (Å²) < 4.78 is 15.8. The van der Waals surface area contributed by atoms with E-state index in [9.17, 15) is 4.39 Å². The van der Waals surface area contributed by atoms with Crippen LogP contribution < -0.4 is 9.80 Å². The van der Waals surface area contributed by atoms with Crippen LogP contribution in [-0.4, -0.2) is 56.9 Å². The molecule has 0 N–H and O–H groups in total. The van der Waals surface area contributed by atoms with E-state index in [4.69, 9.17) is 16.9 Å². The lowest BCUT2D eigenvalue weighted by Crippen LogP contribution is -2.73. The maximum atomic E-state index is 13.6. The van der Waals surface area contributed by atoms with E-state index in [2.05, 4.69) is 46.6 Å². The topological polar surface area (TPSA) is 77.1 Å². The number of halogens is 2. The first-order valence-corrected chi connectivity index (χ1v) is 11.9. The summed E-state index contributed by atoms with van der Waals surface area (Å²) >= 11 is 6.35. The largest absolute Gasteiger partial charge is 0.355 e.